The fourth-order valence-electron chi connectivity index (χ4n) is 2.46. The number of aryl methyl sites for hydroxylation is 1. The monoisotopic (exact) mass is 393 g/mol. The normalized spacial score (nSPS) is 11.2. The SMILES string of the molecule is C=C(C)N/C(=C\C(C)=O)CNc1ccccc1O.CN=C(C)c1cccc(C)c1. The second-order valence-corrected chi connectivity index (χ2v) is 6.73. The van der Waals surface area contributed by atoms with Crippen LogP contribution in [-0.2, 0) is 4.79 Å². The smallest absolute Gasteiger partial charge is 0.154 e. The van der Waals surface area contributed by atoms with Crippen LogP contribution in [-0.4, -0.2) is 30.2 Å². The Balaban J connectivity index is 0.000000326. The Morgan fingerprint density at radius 2 is 1.83 bits per heavy atom. The molecular formula is C24H31N3O2. The van der Waals surface area contributed by atoms with E-state index in [4.69, 9.17) is 0 Å². The molecule has 0 fully saturated rings. The molecule has 0 aliphatic rings. The molecule has 5 nitrogen and oxygen atoms in total. The highest BCUT2D eigenvalue weighted by Crippen LogP contribution is 2.21. The summed E-state index contributed by atoms with van der Waals surface area (Å²) in [6.07, 6.45) is 1.50. The Morgan fingerprint density at radius 1 is 1.14 bits per heavy atom. The van der Waals surface area contributed by atoms with Crippen molar-refractivity contribution in [1.82, 2.24) is 5.32 Å². The van der Waals surface area contributed by atoms with Crippen molar-refractivity contribution >= 4 is 17.2 Å². The topological polar surface area (TPSA) is 73.7 Å². The molecular weight excluding hydrogens is 362 g/mol. The molecule has 0 amide bonds. The maximum Gasteiger partial charge on any atom is 0.154 e. The molecule has 2 aromatic rings. The standard InChI is InChI=1S/C14H18N2O2.C10H13N/c1-10(2)16-12(8-11(3)17)9-15-13-6-4-5-7-14(13)18;1-8-5-4-6-10(7-8)9(2)11-3/h4-8,15-16,18H,1,9H2,2-3H3;4-7H,1-3H3/b12-8-;. The van der Waals surface area contributed by atoms with Gasteiger partial charge in [0.2, 0.25) is 0 Å². The van der Waals surface area contributed by atoms with Crippen LogP contribution in [0.2, 0.25) is 0 Å². The zero-order valence-electron chi connectivity index (χ0n) is 17.9. The van der Waals surface area contributed by atoms with E-state index in [0.29, 0.717) is 17.9 Å². The van der Waals surface area contributed by atoms with E-state index in [2.05, 4.69) is 53.4 Å². The van der Waals surface area contributed by atoms with E-state index in [1.165, 1.54) is 24.1 Å². The number of nitrogens with zero attached hydrogens (tertiary/aromatic N) is 1. The molecule has 2 aromatic carbocycles. The van der Waals surface area contributed by atoms with Gasteiger partial charge in [0, 0.05) is 30.2 Å². The molecule has 0 radical (unpaired) electrons. The molecule has 0 heterocycles. The molecule has 3 N–H and O–H groups in total. The first-order chi connectivity index (χ1) is 13.7. The number of para-hydroxylation sites is 2. The van der Waals surface area contributed by atoms with Gasteiger partial charge < -0.3 is 15.7 Å². The molecule has 2 rings (SSSR count). The fraction of sp³-hybridized carbons (Fsp3) is 0.250. The van der Waals surface area contributed by atoms with Gasteiger partial charge in [-0.15, -0.1) is 0 Å². The number of aromatic hydroxyl groups is 1. The third-order valence-corrected chi connectivity index (χ3v) is 3.90. The number of hydrogen-bond acceptors (Lipinski definition) is 5. The second kappa shape index (κ2) is 12.2. The number of ketones is 1. The Kier molecular flexibility index (Phi) is 9.96. The molecule has 0 saturated carbocycles. The third-order valence-electron chi connectivity index (χ3n) is 3.90. The van der Waals surface area contributed by atoms with E-state index in [1.807, 2.05) is 27.0 Å². The quantitative estimate of drug-likeness (QED) is 0.358. The van der Waals surface area contributed by atoms with Crippen LogP contribution in [0.5, 0.6) is 5.75 Å². The summed E-state index contributed by atoms with van der Waals surface area (Å²) >= 11 is 0. The van der Waals surface area contributed by atoms with Crippen LogP contribution in [0.15, 0.2) is 77.6 Å². The lowest BCUT2D eigenvalue weighted by Crippen LogP contribution is -2.19. The summed E-state index contributed by atoms with van der Waals surface area (Å²) in [5.41, 5.74) is 5.67. The minimum atomic E-state index is -0.0437. The van der Waals surface area contributed by atoms with Crippen molar-refractivity contribution < 1.29 is 9.90 Å². The molecule has 0 unspecified atom stereocenters. The first-order valence-corrected chi connectivity index (χ1v) is 9.39. The maximum absolute atomic E-state index is 11.1. The number of allylic oxidation sites excluding steroid dienone is 2. The van der Waals surface area contributed by atoms with Crippen LogP contribution in [0.1, 0.15) is 31.9 Å². The highest BCUT2D eigenvalue weighted by molar-refractivity contribution is 5.98. The second-order valence-electron chi connectivity index (χ2n) is 6.73. The Morgan fingerprint density at radius 3 is 2.38 bits per heavy atom. The third kappa shape index (κ3) is 9.42. The van der Waals surface area contributed by atoms with Gasteiger partial charge in [-0.05, 0) is 45.4 Å². The lowest BCUT2D eigenvalue weighted by atomic mass is 10.1. The van der Waals surface area contributed by atoms with Gasteiger partial charge in [0.25, 0.3) is 0 Å². The minimum Gasteiger partial charge on any atom is -0.506 e. The van der Waals surface area contributed by atoms with Crippen LogP contribution < -0.4 is 10.6 Å². The maximum atomic E-state index is 11.1. The highest BCUT2D eigenvalue weighted by Gasteiger charge is 2.02. The van der Waals surface area contributed by atoms with Crippen LogP contribution in [0.3, 0.4) is 0 Å². The summed E-state index contributed by atoms with van der Waals surface area (Å²) in [6.45, 7) is 11.6. The number of carbonyl (C=O) groups excluding carboxylic acids is 1. The van der Waals surface area contributed by atoms with Gasteiger partial charge in [-0.2, -0.15) is 0 Å². The predicted octanol–water partition coefficient (Wildman–Crippen LogP) is 4.83. The van der Waals surface area contributed by atoms with E-state index in [0.717, 1.165) is 11.4 Å². The van der Waals surface area contributed by atoms with Crippen LogP contribution in [0.4, 0.5) is 5.69 Å². The summed E-state index contributed by atoms with van der Waals surface area (Å²) in [4.78, 5) is 15.2. The predicted molar refractivity (Wildman–Crippen MR) is 123 cm³/mol. The number of anilines is 1. The van der Waals surface area contributed by atoms with Crippen molar-refractivity contribution in [3.05, 3.63) is 83.7 Å². The van der Waals surface area contributed by atoms with E-state index < -0.39 is 0 Å². The number of hydrogen-bond donors (Lipinski definition) is 3. The molecule has 5 heteroatoms. The van der Waals surface area contributed by atoms with Crippen molar-refractivity contribution in [3.8, 4) is 5.75 Å². The molecule has 0 aromatic heterocycles. The zero-order valence-corrected chi connectivity index (χ0v) is 17.9. The molecule has 0 saturated heterocycles. The Labute approximate surface area is 173 Å². The lowest BCUT2D eigenvalue weighted by Gasteiger charge is -2.13. The largest absolute Gasteiger partial charge is 0.506 e. The van der Waals surface area contributed by atoms with Gasteiger partial charge >= 0.3 is 0 Å². The lowest BCUT2D eigenvalue weighted by molar-refractivity contribution is -0.112. The van der Waals surface area contributed by atoms with Gasteiger partial charge in [-0.3, -0.25) is 9.79 Å². The fourth-order valence-corrected chi connectivity index (χ4v) is 2.46. The number of rotatable bonds is 7. The van der Waals surface area contributed by atoms with Gasteiger partial charge in [0.1, 0.15) is 5.75 Å². The van der Waals surface area contributed by atoms with Crippen molar-refractivity contribution in [2.75, 3.05) is 18.9 Å². The van der Waals surface area contributed by atoms with E-state index in [1.54, 1.807) is 18.2 Å². The summed E-state index contributed by atoms with van der Waals surface area (Å²) in [5.74, 6) is 0.132. The average Bonchev–Trinajstić information content (AvgIpc) is 2.66. The van der Waals surface area contributed by atoms with Gasteiger partial charge in [0.15, 0.2) is 5.78 Å². The average molecular weight is 394 g/mol. The highest BCUT2D eigenvalue weighted by atomic mass is 16.3. The molecule has 0 aliphatic heterocycles. The molecule has 0 bridgehead atoms. The first-order valence-electron chi connectivity index (χ1n) is 9.39. The molecule has 0 aliphatic carbocycles. The van der Waals surface area contributed by atoms with Gasteiger partial charge in [-0.25, -0.2) is 0 Å². The summed E-state index contributed by atoms with van der Waals surface area (Å²) < 4.78 is 0. The van der Waals surface area contributed by atoms with Crippen molar-refractivity contribution in [2.45, 2.75) is 27.7 Å². The van der Waals surface area contributed by atoms with Crippen LogP contribution >= 0.6 is 0 Å². The van der Waals surface area contributed by atoms with Gasteiger partial charge in [0.05, 0.1) is 12.2 Å². The van der Waals surface area contributed by atoms with Crippen molar-refractivity contribution in [2.24, 2.45) is 4.99 Å². The van der Waals surface area contributed by atoms with E-state index >= 15 is 0 Å². The summed E-state index contributed by atoms with van der Waals surface area (Å²) in [6, 6.07) is 15.3. The van der Waals surface area contributed by atoms with Crippen LogP contribution in [0.25, 0.3) is 0 Å². The zero-order chi connectivity index (χ0) is 21.8. The molecule has 29 heavy (non-hydrogen) atoms. The first kappa shape index (κ1) is 23.7. The number of aliphatic imine (C=N–C) groups is 1. The number of phenolic OH excluding ortho intramolecular Hbond substituents is 1. The Bertz CT molecular complexity index is 899. The van der Waals surface area contributed by atoms with E-state index in [9.17, 15) is 9.90 Å². The number of nitrogens with one attached hydrogen (secondary N) is 2. The number of phenols is 1. The summed E-state index contributed by atoms with van der Waals surface area (Å²) in [7, 11) is 1.82. The molecule has 0 spiro atoms. The van der Waals surface area contributed by atoms with Gasteiger partial charge in [-0.1, -0.05) is 48.5 Å². The number of benzene rings is 2. The minimum absolute atomic E-state index is 0.0437. The molecule has 0 atom stereocenters. The van der Waals surface area contributed by atoms with Crippen molar-refractivity contribution in [1.29, 1.82) is 0 Å². The summed E-state index contributed by atoms with van der Waals surface area (Å²) in [5, 5.41) is 15.7. The van der Waals surface area contributed by atoms with E-state index in [-0.39, 0.29) is 11.5 Å². The van der Waals surface area contributed by atoms with Crippen LogP contribution in [0, 0.1) is 6.92 Å². The Hall–Kier alpha value is -3.34. The molecule has 154 valence electrons. The van der Waals surface area contributed by atoms with Crippen molar-refractivity contribution in [3.63, 3.8) is 0 Å². The number of carbonyl (C=O) groups is 1.